The molecule has 1 aromatic rings. The summed E-state index contributed by atoms with van der Waals surface area (Å²) in [5, 5.41) is 37.7. The summed E-state index contributed by atoms with van der Waals surface area (Å²) in [6.07, 6.45) is 0. The summed E-state index contributed by atoms with van der Waals surface area (Å²) in [6.45, 7) is 0. The summed E-state index contributed by atoms with van der Waals surface area (Å²) in [5.74, 6) is -1.25. The topological polar surface area (TPSA) is 121 Å². The maximum Gasteiger partial charge on any atom is 0.337 e. The van der Waals surface area contributed by atoms with Crippen LogP contribution in [0.1, 0.15) is 10.4 Å². The largest absolute Gasteiger partial charge is 0.478 e. The van der Waals surface area contributed by atoms with Gasteiger partial charge in [0.05, 0.1) is 16.3 Å². The predicted octanol–water partition coefficient (Wildman–Crippen LogP) is 2.27. The second-order valence-corrected chi connectivity index (χ2v) is 3.59. The van der Waals surface area contributed by atoms with Crippen LogP contribution in [0.5, 0.6) is 0 Å². The Morgan fingerprint density at radius 2 is 1.84 bits per heavy atom. The Hall–Kier alpha value is -3.01. The lowest BCUT2D eigenvalue weighted by atomic mass is 10.1. The molecule has 0 amide bonds. The minimum atomic E-state index is -1.25. The molecule has 0 fully saturated rings. The zero-order valence-electron chi connectivity index (χ0n) is 9.31. The number of anilines is 1. The second-order valence-electron chi connectivity index (χ2n) is 3.18. The van der Waals surface area contributed by atoms with Crippen molar-refractivity contribution in [3.63, 3.8) is 0 Å². The van der Waals surface area contributed by atoms with Crippen molar-refractivity contribution in [3.05, 3.63) is 40.1 Å². The van der Waals surface area contributed by atoms with Gasteiger partial charge in [0.25, 0.3) is 0 Å². The van der Waals surface area contributed by atoms with Crippen LogP contribution in [0, 0.1) is 34.0 Å². The molecule has 92 valence electrons. The molecule has 0 radical (unpaired) electrons. The molecule has 0 aliphatic rings. The minimum absolute atomic E-state index is 0.0452. The van der Waals surface area contributed by atoms with Gasteiger partial charge in [-0.3, -0.25) is 0 Å². The normalized spacial score (nSPS) is 8.53. The lowest BCUT2D eigenvalue weighted by molar-refractivity contribution is 0.0698. The van der Waals surface area contributed by atoms with E-state index in [1.807, 2.05) is 0 Å². The number of nitrogens with one attached hydrogen (secondary N) is 1. The van der Waals surface area contributed by atoms with Crippen LogP contribution in [-0.4, -0.2) is 11.1 Å². The number of carboxylic acid groups (broad SMARTS) is 1. The number of hydrogen-bond acceptors (Lipinski definition) is 5. The van der Waals surface area contributed by atoms with Gasteiger partial charge in [-0.25, -0.2) is 4.79 Å². The summed E-state index contributed by atoms with van der Waals surface area (Å²) < 4.78 is 0. The summed E-state index contributed by atoms with van der Waals surface area (Å²) in [4.78, 5) is 11.0. The predicted molar refractivity (Wildman–Crippen MR) is 65.9 cm³/mol. The zero-order valence-corrected chi connectivity index (χ0v) is 10.1. The van der Waals surface area contributed by atoms with Gasteiger partial charge in [-0.05, 0) is 12.1 Å². The highest BCUT2D eigenvalue weighted by atomic mass is 35.5. The van der Waals surface area contributed by atoms with Gasteiger partial charge in [-0.15, -0.1) is 0 Å². The first-order valence-electron chi connectivity index (χ1n) is 4.78. The Bertz CT molecular complexity index is 673. The minimum Gasteiger partial charge on any atom is -0.478 e. The van der Waals surface area contributed by atoms with Crippen LogP contribution < -0.4 is 5.32 Å². The van der Waals surface area contributed by atoms with E-state index in [0.29, 0.717) is 0 Å². The van der Waals surface area contributed by atoms with Crippen molar-refractivity contribution in [3.8, 4) is 18.2 Å². The molecule has 1 aromatic carbocycles. The Morgan fingerprint density at radius 3 is 2.32 bits per heavy atom. The number of halogens is 1. The molecule has 7 heteroatoms. The monoisotopic (exact) mass is 272 g/mol. The van der Waals surface area contributed by atoms with Crippen molar-refractivity contribution in [2.45, 2.75) is 0 Å². The molecule has 19 heavy (non-hydrogen) atoms. The maximum absolute atomic E-state index is 11.0. The van der Waals surface area contributed by atoms with E-state index in [1.54, 1.807) is 6.07 Å². The molecular weight excluding hydrogens is 268 g/mol. The smallest absolute Gasteiger partial charge is 0.337 e. The average molecular weight is 273 g/mol. The average Bonchev–Trinajstić information content (AvgIpc) is 2.40. The van der Waals surface area contributed by atoms with Crippen LogP contribution in [0.3, 0.4) is 0 Å². The molecule has 1 rings (SSSR count). The van der Waals surface area contributed by atoms with Crippen LogP contribution in [0.2, 0.25) is 5.02 Å². The Kier molecular flexibility index (Phi) is 4.49. The summed E-state index contributed by atoms with van der Waals surface area (Å²) in [5.41, 5.74) is -1.04. The number of nitrogens with zero attached hydrogens (tertiary/aromatic N) is 3. The van der Waals surface area contributed by atoms with E-state index in [2.05, 4.69) is 5.32 Å². The van der Waals surface area contributed by atoms with E-state index in [4.69, 9.17) is 32.5 Å². The fourth-order valence-electron chi connectivity index (χ4n) is 1.24. The number of para-hydroxylation sites is 1. The van der Waals surface area contributed by atoms with Crippen molar-refractivity contribution < 1.29 is 9.90 Å². The van der Waals surface area contributed by atoms with Crippen LogP contribution in [0.15, 0.2) is 29.5 Å². The molecule has 0 atom stereocenters. The number of aromatic carboxylic acids is 1. The fourth-order valence-corrected chi connectivity index (χ4v) is 1.46. The van der Waals surface area contributed by atoms with Crippen molar-refractivity contribution in [2.75, 3.05) is 5.32 Å². The first-order chi connectivity index (χ1) is 9.04. The Morgan fingerprint density at radius 1 is 1.21 bits per heavy atom. The zero-order chi connectivity index (χ0) is 14.4. The molecule has 0 bridgehead atoms. The van der Waals surface area contributed by atoms with Crippen LogP contribution in [0.25, 0.3) is 0 Å². The van der Waals surface area contributed by atoms with E-state index in [9.17, 15) is 4.79 Å². The summed E-state index contributed by atoms with van der Waals surface area (Å²) >= 11 is 5.84. The van der Waals surface area contributed by atoms with Gasteiger partial charge in [0.2, 0.25) is 0 Å². The molecule has 0 aromatic heterocycles. The van der Waals surface area contributed by atoms with Crippen LogP contribution in [-0.2, 0) is 0 Å². The van der Waals surface area contributed by atoms with Crippen molar-refractivity contribution in [1.29, 1.82) is 15.8 Å². The summed E-state index contributed by atoms with van der Waals surface area (Å²) in [7, 11) is 0. The number of carboxylic acids is 1. The molecule has 0 saturated heterocycles. The van der Waals surface area contributed by atoms with Gasteiger partial charge in [0.1, 0.15) is 23.9 Å². The molecule has 0 spiro atoms. The Labute approximate surface area is 113 Å². The molecule has 0 heterocycles. The van der Waals surface area contributed by atoms with E-state index >= 15 is 0 Å². The fraction of sp³-hybridized carbons (Fsp3) is 0. The number of benzene rings is 1. The van der Waals surface area contributed by atoms with Crippen molar-refractivity contribution in [1.82, 2.24) is 0 Å². The third-order valence-electron chi connectivity index (χ3n) is 2.08. The van der Waals surface area contributed by atoms with Crippen LogP contribution in [0.4, 0.5) is 5.69 Å². The van der Waals surface area contributed by atoms with Crippen LogP contribution >= 0.6 is 11.6 Å². The van der Waals surface area contributed by atoms with E-state index < -0.39 is 11.5 Å². The van der Waals surface area contributed by atoms with Gasteiger partial charge in [0.15, 0.2) is 5.57 Å². The highest BCUT2D eigenvalue weighted by molar-refractivity contribution is 6.34. The van der Waals surface area contributed by atoms with E-state index in [-0.39, 0.29) is 22.0 Å². The van der Waals surface area contributed by atoms with E-state index in [0.717, 1.165) is 0 Å². The molecule has 0 aliphatic carbocycles. The first kappa shape index (κ1) is 14.1. The SMILES string of the molecule is N#CC(C#N)=C(C#N)Nc1c(Cl)cccc1C(=O)O. The number of hydrogen-bond donors (Lipinski definition) is 2. The van der Waals surface area contributed by atoms with Crippen molar-refractivity contribution in [2.24, 2.45) is 0 Å². The molecule has 6 nitrogen and oxygen atoms in total. The molecule has 0 unspecified atom stereocenters. The quantitative estimate of drug-likeness (QED) is 0.814. The van der Waals surface area contributed by atoms with Gasteiger partial charge in [0, 0.05) is 0 Å². The number of allylic oxidation sites excluding steroid dienone is 2. The molecular formula is C12H5ClN4O2. The van der Waals surface area contributed by atoms with Gasteiger partial charge < -0.3 is 10.4 Å². The highest BCUT2D eigenvalue weighted by Gasteiger charge is 2.16. The Balaban J connectivity index is 3.40. The molecule has 2 N–H and O–H groups in total. The first-order valence-corrected chi connectivity index (χ1v) is 5.16. The van der Waals surface area contributed by atoms with E-state index in [1.165, 1.54) is 30.3 Å². The third-order valence-corrected chi connectivity index (χ3v) is 2.39. The number of carbonyl (C=O) groups is 1. The molecule has 0 saturated carbocycles. The lowest BCUT2D eigenvalue weighted by Gasteiger charge is -2.10. The standard InChI is InChI=1S/C12H5ClN4O2/c13-9-3-1-2-8(12(18)19)11(9)17-10(6-16)7(4-14)5-15/h1-3,17H,(H,18,19). The third kappa shape index (κ3) is 3.01. The second kappa shape index (κ2) is 6.07. The maximum atomic E-state index is 11.0. The van der Waals surface area contributed by atoms with Gasteiger partial charge in [-0.2, -0.15) is 15.8 Å². The highest BCUT2D eigenvalue weighted by Crippen LogP contribution is 2.27. The number of nitriles is 3. The molecule has 0 aliphatic heterocycles. The number of rotatable bonds is 3. The lowest BCUT2D eigenvalue weighted by Crippen LogP contribution is -2.07. The van der Waals surface area contributed by atoms with Gasteiger partial charge >= 0.3 is 5.97 Å². The summed E-state index contributed by atoms with van der Waals surface area (Å²) in [6, 6.07) is 8.82. The van der Waals surface area contributed by atoms with Crippen molar-refractivity contribution >= 4 is 23.3 Å². The van der Waals surface area contributed by atoms with Gasteiger partial charge in [-0.1, -0.05) is 17.7 Å².